The molecule has 0 spiro atoms. The van der Waals surface area contributed by atoms with Gasteiger partial charge in [0, 0.05) is 30.2 Å². The van der Waals surface area contributed by atoms with Gasteiger partial charge in [-0.25, -0.2) is 15.0 Å². The van der Waals surface area contributed by atoms with Crippen LogP contribution in [0.4, 0.5) is 5.82 Å². The van der Waals surface area contributed by atoms with Gasteiger partial charge in [0.05, 0.1) is 29.3 Å². The van der Waals surface area contributed by atoms with E-state index in [2.05, 4.69) is 37.1 Å². The van der Waals surface area contributed by atoms with Crippen molar-refractivity contribution in [1.29, 1.82) is 0 Å². The quantitative estimate of drug-likeness (QED) is 0.757. The summed E-state index contributed by atoms with van der Waals surface area (Å²) >= 11 is 0. The molecule has 3 aromatic rings. The maximum Gasteiger partial charge on any atom is 0.225 e. The van der Waals surface area contributed by atoms with Crippen LogP contribution in [-0.4, -0.2) is 44.5 Å². The molecule has 3 aromatic heterocycles. The molecule has 0 aromatic carbocycles. The van der Waals surface area contributed by atoms with E-state index in [1.807, 2.05) is 12.3 Å². The molecule has 134 valence electrons. The van der Waals surface area contributed by atoms with Crippen molar-refractivity contribution >= 4 is 33.7 Å². The fourth-order valence-corrected chi connectivity index (χ4v) is 3.92. The Hall–Kier alpha value is -2.70. The summed E-state index contributed by atoms with van der Waals surface area (Å²) in [5.74, 6) is 1.12. The normalized spacial score (nSPS) is 23.5. The van der Waals surface area contributed by atoms with E-state index in [0.717, 1.165) is 53.4 Å². The number of piperidine rings is 1. The van der Waals surface area contributed by atoms with Gasteiger partial charge in [0.2, 0.25) is 5.91 Å². The van der Waals surface area contributed by atoms with Crippen molar-refractivity contribution in [3.05, 3.63) is 24.8 Å². The number of H-pyrrole nitrogens is 1. The summed E-state index contributed by atoms with van der Waals surface area (Å²) in [6.07, 6.45) is 9.45. The van der Waals surface area contributed by atoms with E-state index in [-0.39, 0.29) is 11.8 Å². The number of nitrogens with zero attached hydrogens (tertiary/aromatic N) is 4. The van der Waals surface area contributed by atoms with E-state index in [1.165, 1.54) is 0 Å². The lowest BCUT2D eigenvalue weighted by atomic mass is 9.92. The number of aromatic nitrogens is 4. The highest BCUT2D eigenvalue weighted by atomic mass is 16.2. The van der Waals surface area contributed by atoms with Crippen LogP contribution in [0.5, 0.6) is 0 Å². The van der Waals surface area contributed by atoms with E-state index >= 15 is 0 Å². The molecule has 2 N–H and O–H groups in total. The van der Waals surface area contributed by atoms with Crippen LogP contribution in [0.15, 0.2) is 24.8 Å². The van der Waals surface area contributed by atoms with E-state index in [9.17, 15) is 4.79 Å². The van der Waals surface area contributed by atoms with Crippen molar-refractivity contribution in [3.63, 3.8) is 0 Å². The van der Waals surface area contributed by atoms with Gasteiger partial charge in [-0.15, -0.1) is 0 Å². The second-order valence-electron chi connectivity index (χ2n) is 7.51. The predicted molar refractivity (Wildman–Crippen MR) is 99.9 cm³/mol. The Morgan fingerprint density at radius 1 is 1.23 bits per heavy atom. The smallest absolute Gasteiger partial charge is 0.225 e. The highest BCUT2D eigenvalue weighted by Gasteiger charge is 2.34. The molecular formula is C19H22N6O. The van der Waals surface area contributed by atoms with Gasteiger partial charge in [-0.05, 0) is 38.7 Å². The van der Waals surface area contributed by atoms with Crippen molar-refractivity contribution in [3.8, 4) is 0 Å². The van der Waals surface area contributed by atoms with E-state index in [1.54, 1.807) is 12.5 Å². The number of pyridine rings is 1. The molecule has 26 heavy (non-hydrogen) atoms. The monoisotopic (exact) mass is 350 g/mol. The SMILES string of the molecule is CC1CCC(C(=O)NC2CC2)CN1c1nc[nH]c2cnc3nccc3c12. The molecule has 1 aliphatic carbocycles. The molecule has 0 radical (unpaired) electrons. The third kappa shape index (κ3) is 2.58. The van der Waals surface area contributed by atoms with Gasteiger partial charge in [0.1, 0.15) is 5.82 Å². The van der Waals surface area contributed by atoms with Crippen LogP contribution in [-0.2, 0) is 4.79 Å². The Morgan fingerprint density at radius 2 is 2.12 bits per heavy atom. The summed E-state index contributed by atoms with van der Waals surface area (Å²) in [6, 6.07) is 2.72. The number of anilines is 1. The molecular weight excluding hydrogens is 328 g/mol. The zero-order valence-electron chi connectivity index (χ0n) is 14.8. The molecule has 1 saturated heterocycles. The number of carbonyl (C=O) groups is 1. The largest absolute Gasteiger partial charge is 0.353 e. The van der Waals surface area contributed by atoms with Gasteiger partial charge in [-0.2, -0.15) is 0 Å². The molecule has 1 amide bonds. The van der Waals surface area contributed by atoms with Crippen LogP contribution in [0.1, 0.15) is 32.6 Å². The summed E-state index contributed by atoms with van der Waals surface area (Å²) < 4.78 is 0. The van der Waals surface area contributed by atoms with Crippen molar-refractivity contribution in [1.82, 2.24) is 25.3 Å². The standard InChI is InChI=1S/C19H22N6O/c1-11-2-3-12(19(26)24-13-4-5-13)9-25(11)18-16-14-6-7-20-17(14)21-8-15(16)22-10-23-18/h6-8,10-13H,2-5,9H2,1H3,(H,22,23)(H,24,26). The predicted octanol–water partition coefficient (Wildman–Crippen LogP) is 2.39. The van der Waals surface area contributed by atoms with Crippen LogP contribution in [0.25, 0.3) is 21.9 Å². The molecule has 5 rings (SSSR count). The van der Waals surface area contributed by atoms with Gasteiger partial charge >= 0.3 is 0 Å². The highest BCUT2D eigenvalue weighted by Crippen LogP contribution is 2.34. The summed E-state index contributed by atoms with van der Waals surface area (Å²) in [6.45, 7) is 2.91. The molecule has 0 bridgehead atoms. The van der Waals surface area contributed by atoms with Crippen molar-refractivity contribution in [2.75, 3.05) is 11.4 Å². The van der Waals surface area contributed by atoms with E-state index in [4.69, 9.17) is 0 Å². The van der Waals surface area contributed by atoms with Gasteiger partial charge in [0.25, 0.3) is 0 Å². The number of carbonyl (C=O) groups excluding carboxylic acids is 1. The summed E-state index contributed by atoms with van der Waals surface area (Å²) in [5, 5.41) is 5.19. The fraction of sp³-hybridized carbons (Fsp3) is 0.474. The lowest BCUT2D eigenvalue weighted by Gasteiger charge is -2.38. The maximum atomic E-state index is 12.6. The highest BCUT2D eigenvalue weighted by molar-refractivity contribution is 6.09. The molecule has 7 heteroatoms. The van der Waals surface area contributed by atoms with Gasteiger partial charge in [0.15, 0.2) is 5.65 Å². The molecule has 2 atom stereocenters. The first-order valence-electron chi connectivity index (χ1n) is 9.34. The van der Waals surface area contributed by atoms with E-state index in [0.29, 0.717) is 18.6 Å². The summed E-state index contributed by atoms with van der Waals surface area (Å²) in [5.41, 5.74) is 1.67. The van der Waals surface area contributed by atoms with Crippen LogP contribution in [0.2, 0.25) is 0 Å². The fourth-order valence-electron chi connectivity index (χ4n) is 3.92. The lowest BCUT2D eigenvalue weighted by Crippen LogP contribution is -2.47. The minimum atomic E-state index is 0.0166. The second kappa shape index (κ2) is 5.93. The average molecular weight is 350 g/mol. The Balaban J connectivity index is 1.54. The minimum absolute atomic E-state index is 0.0166. The number of fused-ring (bicyclic) bond motifs is 3. The number of rotatable bonds is 3. The van der Waals surface area contributed by atoms with Gasteiger partial charge in [-0.3, -0.25) is 4.79 Å². The van der Waals surface area contributed by atoms with Gasteiger partial charge < -0.3 is 15.2 Å². The summed E-state index contributed by atoms with van der Waals surface area (Å²) in [4.78, 5) is 31.4. The van der Waals surface area contributed by atoms with Crippen LogP contribution < -0.4 is 10.2 Å². The molecule has 1 saturated carbocycles. The van der Waals surface area contributed by atoms with Crippen LogP contribution in [0, 0.1) is 5.92 Å². The number of nitrogens with one attached hydrogen (secondary N) is 2. The van der Waals surface area contributed by atoms with Crippen molar-refractivity contribution in [2.24, 2.45) is 5.92 Å². The number of amides is 1. The van der Waals surface area contributed by atoms with E-state index < -0.39 is 0 Å². The first kappa shape index (κ1) is 15.5. The second-order valence-corrected chi connectivity index (χ2v) is 7.51. The zero-order valence-corrected chi connectivity index (χ0v) is 14.8. The first-order chi connectivity index (χ1) is 12.7. The molecule has 2 fully saturated rings. The van der Waals surface area contributed by atoms with Crippen molar-refractivity contribution in [2.45, 2.75) is 44.7 Å². The van der Waals surface area contributed by atoms with Crippen molar-refractivity contribution < 1.29 is 4.79 Å². The average Bonchev–Trinajstić information content (AvgIpc) is 3.33. The lowest BCUT2D eigenvalue weighted by molar-refractivity contribution is -0.125. The number of aromatic amines is 1. The maximum absolute atomic E-state index is 12.6. The minimum Gasteiger partial charge on any atom is -0.353 e. The Kier molecular flexibility index (Phi) is 3.55. The first-order valence-corrected chi connectivity index (χ1v) is 9.34. The number of hydrogen-bond donors (Lipinski definition) is 2. The Bertz CT molecular complexity index is 978. The summed E-state index contributed by atoms with van der Waals surface area (Å²) in [7, 11) is 0. The zero-order chi connectivity index (χ0) is 17.7. The molecule has 4 heterocycles. The molecule has 7 nitrogen and oxygen atoms in total. The molecule has 2 aliphatic rings. The third-order valence-electron chi connectivity index (χ3n) is 5.61. The van der Waals surface area contributed by atoms with Gasteiger partial charge in [-0.1, -0.05) is 0 Å². The molecule has 2 unspecified atom stereocenters. The third-order valence-corrected chi connectivity index (χ3v) is 5.61. The Labute approximate surface area is 151 Å². The Morgan fingerprint density at radius 3 is 2.96 bits per heavy atom. The number of hydrogen-bond acceptors (Lipinski definition) is 5. The molecule has 1 aliphatic heterocycles. The van der Waals surface area contributed by atoms with Crippen LogP contribution in [0.3, 0.4) is 0 Å². The topological polar surface area (TPSA) is 86.8 Å². The van der Waals surface area contributed by atoms with Crippen LogP contribution >= 0.6 is 0 Å².